The van der Waals surface area contributed by atoms with Gasteiger partial charge in [-0.3, -0.25) is 0 Å². The summed E-state index contributed by atoms with van der Waals surface area (Å²) in [5, 5.41) is 0. The Morgan fingerprint density at radius 2 is 0.895 bits per heavy atom. The van der Waals surface area contributed by atoms with Gasteiger partial charge in [0, 0.05) is 13.1 Å². The summed E-state index contributed by atoms with van der Waals surface area (Å²) in [5.74, 6) is -1.05. The van der Waals surface area contributed by atoms with Crippen LogP contribution in [0.3, 0.4) is 0 Å². The Bertz CT molecular complexity index is 1060. The first kappa shape index (κ1) is 29.1. The number of hydrogen-bond donors (Lipinski definition) is 0. The summed E-state index contributed by atoms with van der Waals surface area (Å²) in [4.78, 5) is 31.8. The van der Waals surface area contributed by atoms with Gasteiger partial charge in [-0.25, -0.2) is 9.59 Å². The van der Waals surface area contributed by atoms with E-state index in [0.717, 1.165) is 37.3 Å². The molecule has 0 saturated heterocycles. The van der Waals surface area contributed by atoms with E-state index in [1.165, 1.54) is 0 Å². The van der Waals surface area contributed by atoms with Crippen LogP contribution in [0.25, 0.3) is 22.3 Å². The predicted molar refractivity (Wildman–Crippen MR) is 153 cm³/mol. The van der Waals surface area contributed by atoms with Crippen molar-refractivity contribution >= 4 is 11.9 Å². The van der Waals surface area contributed by atoms with Crippen molar-refractivity contribution in [2.24, 2.45) is 0 Å². The van der Waals surface area contributed by atoms with Crippen LogP contribution in [0.1, 0.15) is 48.4 Å². The van der Waals surface area contributed by atoms with E-state index in [1.54, 1.807) is 0 Å². The number of carbonyl (C=O) groups excluding carboxylic acids is 2. The molecule has 0 amide bonds. The van der Waals surface area contributed by atoms with Crippen LogP contribution in [0.2, 0.25) is 0 Å². The molecule has 0 radical (unpaired) electrons. The Labute approximate surface area is 227 Å². The van der Waals surface area contributed by atoms with Gasteiger partial charge in [0.2, 0.25) is 0 Å². The van der Waals surface area contributed by atoms with Crippen LogP contribution in [0.15, 0.2) is 72.8 Å². The highest BCUT2D eigenvalue weighted by atomic mass is 16.5. The average molecular weight is 517 g/mol. The topological polar surface area (TPSA) is 59.1 Å². The molecule has 6 nitrogen and oxygen atoms in total. The van der Waals surface area contributed by atoms with Crippen LogP contribution in [0.5, 0.6) is 0 Å². The molecule has 0 spiro atoms. The molecule has 3 rings (SSSR count). The summed E-state index contributed by atoms with van der Waals surface area (Å²) >= 11 is 0. The van der Waals surface area contributed by atoms with Crippen molar-refractivity contribution in [3.05, 3.63) is 83.9 Å². The molecule has 0 saturated carbocycles. The van der Waals surface area contributed by atoms with E-state index in [0.29, 0.717) is 24.2 Å². The summed E-state index contributed by atoms with van der Waals surface area (Å²) in [7, 11) is 0. The lowest BCUT2D eigenvalue weighted by Crippen LogP contribution is -2.29. The fraction of sp³-hybridized carbons (Fsp3) is 0.375. The Hall–Kier alpha value is -3.48. The Morgan fingerprint density at radius 1 is 0.553 bits per heavy atom. The highest BCUT2D eigenvalue weighted by molar-refractivity contribution is 6.11. The lowest BCUT2D eigenvalue weighted by molar-refractivity contribution is 0.0421. The maximum atomic E-state index is 13.7. The van der Waals surface area contributed by atoms with Gasteiger partial charge in [-0.15, -0.1) is 0 Å². The van der Waals surface area contributed by atoms with Gasteiger partial charge in [0.1, 0.15) is 13.2 Å². The lowest BCUT2D eigenvalue weighted by atomic mass is 9.89. The molecule has 0 bridgehead atoms. The summed E-state index contributed by atoms with van der Waals surface area (Å²) in [5.41, 5.74) is 3.44. The van der Waals surface area contributed by atoms with E-state index in [4.69, 9.17) is 9.47 Å². The highest BCUT2D eigenvalue weighted by Gasteiger charge is 2.28. The third kappa shape index (κ3) is 7.53. The Kier molecular flexibility index (Phi) is 11.5. The van der Waals surface area contributed by atoms with E-state index >= 15 is 0 Å². The second-order valence-corrected chi connectivity index (χ2v) is 8.97. The third-order valence-electron chi connectivity index (χ3n) is 6.85. The summed E-state index contributed by atoms with van der Waals surface area (Å²) in [6.45, 7) is 13.5. The second-order valence-electron chi connectivity index (χ2n) is 8.97. The van der Waals surface area contributed by atoms with Gasteiger partial charge in [-0.05, 0) is 48.4 Å². The van der Waals surface area contributed by atoms with Gasteiger partial charge in [-0.1, -0.05) is 100 Å². The zero-order valence-corrected chi connectivity index (χ0v) is 23.1. The van der Waals surface area contributed by atoms with Crippen LogP contribution in [-0.2, 0) is 9.47 Å². The van der Waals surface area contributed by atoms with Crippen molar-refractivity contribution in [2.45, 2.75) is 27.7 Å². The average Bonchev–Trinajstić information content (AvgIpc) is 2.97. The van der Waals surface area contributed by atoms with Crippen LogP contribution in [0.4, 0.5) is 0 Å². The van der Waals surface area contributed by atoms with Gasteiger partial charge < -0.3 is 19.3 Å². The number of hydrogen-bond acceptors (Lipinski definition) is 6. The van der Waals surface area contributed by atoms with Crippen molar-refractivity contribution in [1.82, 2.24) is 9.80 Å². The van der Waals surface area contributed by atoms with Crippen molar-refractivity contribution in [3.63, 3.8) is 0 Å². The van der Waals surface area contributed by atoms with E-state index in [1.807, 2.05) is 72.8 Å². The summed E-state index contributed by atoms with van der Waals surface area (Å²) in [6, 6.07) is 23.0. The third-order valence-corrected chi connectivity index (χ3v) is 6.85. The lowest BCUT2D eigenvalue weighted by Gasteiger charge is -2.21. The van der Waals surface area contributed by atoms with E-state index < -0.39 is 11.9 Å². The molecule has 0 fully saturated rings. The Morgan fingerprint density at radius 3 is 1.21 bits per heavy atom. The molecule has 0 aliphatic heterocycles. The summed E-state index contributed by atoms with van der Waals surface area (Å²) in [6.07, 6.45) is 0. The molecule has 202 valence electrons. The molecule has 3 aromatic carbocycles. The van der Waals surface area contributed by atoms with Crippen molar-refractivity contribution in [3.8, 4) is 22.3 Å². The number of likely N-dealkylation sites (N-methyl/N-ethyl adjacent to an activating group) is 2. The molecule has 0 atom stereocenters. The molecule has 0 heterocycles. The number of benzene rings is 3. The van der Waals surface area contributed by atoms with Gasteiger partial charge in [0.25, 0.3) is 0 Å². The highest BCUT2D eigenvalue weighted by Crippen LogP contribution is 2.35. The van der Waals surface area contributed by atoms with Gasteiger partial charge in [-0.2, -0.15) is 0 Å². The summed E-state index contributed by atoms with van der Waals surface area (Å²) < 4.78 is 11.6. The maximum Gasteiger partial charge on any atom is 0.339 e. The van der Waals surface area contributed by atoms with Gasteiger partial charge in [0.15, 0.2) is 0 Å². The fourth-order valence-electron chi connectivity index (χ4n) is 4.50. The molecule has 38 heavy (non-hydrogen) atoms. The molecule has 0 unspecified atom stereocenters. The van der Waals surface area contributed by atoms with E-state index in [-0.39, 0.29) is 24.3 Å². The van der Waals surface area contributed by atoms with E-state index in [9.17, 15) is 9.59 Å². The SMILES string of the molecule is CCN(CC)CCOC(=O)c1c(-c2ccccc2)ccc(-c2ccccc2)c1C(=O)OCCN(CC)CC. The molecule has 0 aliphatic rings. The van der Waals surface area contributed by atoms with Crippen LogP contribution in [-0.4, -0.2) is 74.2 Å². The largest absolute Gasteiger partial charge is 0.461 e. The number of ether oxygens (including phenoxy) is 2. The molecule has 0 aliphatic carbocycles. The monoisotopic (exact) mass is 516 g/mol. The van der Waals surface area contributed by atoms with Crippen molar-refractivity contribution < 1.29 is 19.1 Å². The number of esters is 2. The molecular weight excluding hydrogens is 476 g/mol. The fourth-order valence-corrected chi connectivity index (χ4v) is 4.50. The first-order valence-electron chi connectivity index (χ1n) is 13.6. The van der Waals surface area contributed by atoms with Gasteiger partial charge in [0.05, 0.1) is 11.1 Å². The number of carbonyl (C=O) groups is 2. The molecule has 3 aromatic rings. The predicted octanol–water partition coefficient (Wildman–Crippen LogP) is 6.02. The number of nitrogens with zero attached hydrogens (tertiary/aromatic N) is 2. The molecule has 0 N–H and O–H groups in total. The van der Waals surface area contributed by atoms with Crippen molar-refractivity contribution in [1.29, 1.82) is 0 Å². The van der Waals surface area contributed by atoms with Crippen LogP contribution in [0, 0.1) is 0 Å². The molecule has 0 aromatic heterocycles. The minimum atomic E-state index is -0.524. The maximum absolute atomic E-state index is 13.7. The smallest absolute Gasteiger partial charge is 0.339 e. The Balaban J connectivity index is 2.08. The molecule has 6 heteroatoms. The van der Waals surface area contributed by atoms with Crippen LogP contribution >= 0.6 is 0 Å². The zero-order chi connectivity index (χ0) is 27.3. The minimum absolute atomic E-state index is 0.237. The van der Waals surface area contributed by atoms with Crippen LogP contribution < -0.4 is 0 Å². The van der Waals surface area contributed by atoms with Crippen molar-refractivity contribution in [2.75, 3.05) is 52.5 Å². The number of rotatable bonds is 14. The first-order chi connectivity index (χ1) is 18.5. The normalized spacial score (nSPS) is 11.1. The first-order valence-corrected chi connectivity index (χ1v) is 13.6. The zero-order valence-electron chi connectivity index (χ0n) is 23.1. The standard InChI is InChI=1S/C32H40N2O4/c1-5-33(6-2)21-23-37-31(35)29-27(25-15-11-9-12-16-25)19-20-28(26-17-13-10-14-18-26)30(29)32(36)38-24-22-34(7-3)8-4/h9-20H,5-8,21-24H2,1-4H3. The minimum Gasteiger partial charge on any atom is -0.461 e. The van der Waals surface area contributed by atoms with E-state index in [2.05, 4.69) is 37.5 Å². The quantitative estimate of drug-likeness (QED) is 0.244. The molecular formula is C32H40N2O4. The van der Waals surface area contributed by atoms with Gasteiger partial charge >= 0.3 is 11.9 Å². The second kappa shape index (κ2) is 15.1.